The molecule has 0 aliphatic carbocycles. The Morgan fingerprint density at radius 2 is 0.677 bits per heavy atom. The zero-order chi connectivity index (χ0) is 82.2. The number of nitrogens with zero attached hydrogens (tertiary/aromatic N) is 11. The fourth-order valence-electron chi connectivity index (χ4n) is 19.7. The number of hydrogen-bond donors (Lipinski definition) is 0. The molecule has 0 aliphatic heterocycles. The number of benzene rings is 18. The van der Waals surface area contributed by atoms with Crippen molar-refractivity contribution in [3.63, 3.8) is 0 Å². The van der Waals surface area contributed by atoms with E-state index < -0.39 is 11.7 Å². The van der Waals surface area contributed by atoms with E-state index in [-0.39, 0.29) is 0 Å². The maximum Gasteiger partial charge on any atom is 0.416 e. The van der Waals surface area contributed by atoms with Crippen molar-refractivity contribution in [2.24, 2.45) is 0 Å². The van der Waals surface area contributed by atoms with E-state index in [1.165, 1.54) is 110 Å². The molecule has 0 bridgehead atoms. The number of para-hydroxylation sites is 2. The fraction of sp³-hybridized carbons (Fsp3) is 0.0183. The van der Waals surface area contributed by atoms with Gasteiger partial charge in [-0.2, -0.15) is 13.2 Å². The molecule has 0 aliphatic rings. The zero-order valence-electron chi connectivity index (χ0n) is 66.2. The molecule has 27 rings (SSSR count). The molecule has 0 spiro atoms. The van der Waals surface area contributed by atoms with Crippen molar-refractivity contribution in [1.82, 2.24) is 53.2 Å². The highest BCUT2D eigenvalue weighted by molar-refractivity contribution is 6.37. The van der Waals surface area contributed by atoms with E-state index in [1.54, 1.807) is 25.4 Å². The monoisotopic (exact) mass is 1600 g/mol. The van der Waals surface area contributed by atoms with Crippen molar-refractivity contribution in [2.45, 2.75) is 13.1 Å². The number of aryl methyl sites for hydroxylation is 1. The van der Waals surface area contributed by atoms with Gasteiger partial charge in [-0.1, -0.05) is 212 Å². The number of halogens is 3. The molecule has 0 atom stereocenters. The van der Waals surface area contributed by atoms with Gasteiger partial charge in [0.15, 0.2) is 0 Å². The molecule has 0 saturated heterocycles. The summed E-state index contributed by atoms with van der Waals surface area (Å²) in [5, 5.41) is 33.5. The molecule has 0 unspecified atom stereocenters. The molecular weight excluding hydrogens is 1540 g/mol. The van der Waals surface area contributed by atoms with Crippen molar-refractivity contribution in [3.8, 4) is 73.5 Å². The van der Waals surface area contributed by atoms with Crippen LogP contribution < -0.4 is 0 Å². The minimum atomic E-state index is -4.44. The molecule has 582 valence electrons. The van der Waals surface area contributed by atoms with Gasteiger partial charge < -0.3 is 18.1 Å². The topological polar surface area (TPSA) is 123 Å². The number of aromatic nitrogens is 11. The number of pyridine rings is 3. The first kappa shape index (κ1) is 70.5. The predicted octanol–water partition coefficient (Wildman–Crippen LogP) is 28.3. The minimum Gasteiger partial charge on any atom is -0.416 e. The highest BCUT2D eigenvalue weighted by Gasteiger charge is 2.33. The summed E-state index contributed by atoms with van der Waals surface area (Å²) in [6, 6.07) is 115. The first-order valence-corrected chi connectivity index (χ1v) is 41.2. The normalized spacial score (nSPS) is 12.2. The molecular formula is C109H64F3N11O. The van der Waals surface area contributed by atoms with E-state index >= 15 is 0 Å². The first-order chi connectivity index (χ1) is 61.0. The summed E-state index contributed by atoms with van der Waals surface area (Å²) in [5.41, 5.74) is 20.1. The van der Waals surface area contributed by atoms with E-state index in [2.05, 4.69) is 261 Å². The molecule has 124 heavy (non-hydrogen) atoms. The van der Waals surface area contributed by atoms with Crippen molar-refractivity contribution in [3.05, 3.63) is 382 Å². The maximum absolute atomic E-state index is 13.8. The lowest BCUT2D eigenvalue weighted by Crippen LogP contribution is -2.07. The average molecular weight is 1600 g/mol. The lowest BCUT2D eigenvalue weighted by Gasteiger charge is -2.16. The molecule has 0 N–H and O–H groups in total. The van der Waals surface area contributed by atoms with Crippen LogP contribution in [0.25, 0.3) is 242 Å². The van der Waals surface area contributed by atoms with Crippen LogP contribution in [0, 0.1) is 6.92 Å². The first-order valence-electron chi connectivity index (χ1n) is 41.2. The number of hydrogen-bond acceptors (Lipinski definition) is 8. The van der Waals surface area contributed by atoms with Crippen LogP contribution >= 0.6 is 0 Å². The average Bonchev–Trinajstić information content (AvgIpc) is 1.48. The summed E-state index contributed by atoms with van der Waals surface area (Å²) < 4.78 is 56.2. The smallest absolute Gasteiger partial charge is 0.416 e. The van der Waals surface area contributed by atoms with Gasteiger partial charge in [-0.25, -0.2) is 9.97 Å². The third-order valence-electron chi connectivity index (χ3n) is 25.0. The summed E-state index contributed by atoms with van der Waals surface area (Å²) >= 11 is 0. The molecule has 0 fully saturated rings. The van der Waals surface area contributed by atoms with Gasteiger partial charge in [-0.15, -0.1) is 10.2 Å². The highest BCUT2D eigenvalue weighted by Crippen LogP contribution is 2.50. The van der Waals surface area contributed by atoms with Crippen LogP contribution in [0.15, 0.2) is 375 Å². The van der Waals surface area contributed by atoms with E-state index in [0.29, 0.717) is 28.8 Å². The van der Waals surface area contributed by atoms with E-state index in [9.17, 15) is 13.2 Å². The van der Waals surface area contributed by atoms with Gasteiger partial charge in [0, 0.05) is 87.1 Å². The summed E-state index contributed by atoms with van der Waals surface area (Å²) in [5.74, 6) is 1.74. The largest absolute Gasteiger partial charge is 0.416 e. The highest BCUT2D eigenvalue weighted by atomic mass is 19.4. The van der Waals surface area contributed by atoms with Gasteiger partial charge in [-0.05, 0) is 253 Å². The summed E-state index contributed by atoms with van der Waals surface area (Å²) in [4.78, 5) is 23.6. The van der Waals surface area contributed by atoms with Gasteiger partial charge in [0.25, 0.3) is 0 Å². The maximum atomic E-state index is 13.8. The van der Waals surface area contributed by atoms with Crippen LogP contribution in [0.3, 0.4) is 0 Å². The standard InChI is InChI=1S/C39H23N5.C35H21F3N2.C35H20N4O/c1-2-6-28(7-3-1)44-33-8-4-19-40-38(33)37-31-18-14-26-13-16-29(30-17-15-27(22-34(37)44)36(31)35(26)30)24-9-11-25(12-10-24)32-23-43-21-5-20-41-39(43)42-32;1-20-16-24(35(36,37)38)19-25(17-20)40-29-8-5-15-39-34(29)33-28-14-10-22-9-12-26(21-6-3-2-4-7-21)27-13-11-23(18-30(33)40)32(28)31(22)27;1-3-8-22(9-4-1)34-37-38-35(40-34)26-17-13-21-14-18-27-31-23(15-16-25(26)30(21)31)20-29-32(27)33-28(12-7-19-36-33)39(29)24-10-5-2-6-11-24/h1-23H;2-19H,1H3;1-20H. The van der Waals surface area contributed by atoms with Crippen LogP contribution in [-0.2, 0) is 6.18 Å². The van der Waals surface area contributed by atoms with Gasteiger partial charge in [-0.3, -0.25) is 19.4 Å². The summed E-state index contributed by atoms with van der Waals surface area (Å²) in [7, 11) is 0. The Balaban J connectivity index is 0.000000102. The molecule has 0 amide bonds. The molecule has 9 heterocycles. The van der Waals surface area contributed by atoms with Crippen LogP contribution in [-0.4, -0.2) is 53.2 Å². The predicted molar refractivity (Wildman–Crippen MR) is 498 cm³/mol. The second-order valence-electron chi connectivity index (χ2n) is 31.9. The third kappa shape index (κ3) is 10.9. The van der Waals surface area contributed by atoms with Crippen LogP contribution in [0.1, 0.15) is 11.1 Å². The Morgan fingerprint density at radius 1 is 0.290 bits per heavy atom. The van der Waals surface area contributed by atoms with E-state index in [4.69, 9.17) is 24.4 Å². The Labute approximate surface area is 703 Å². The molecule has 15 heteroatoms. The second-order valence-corrected chi connectivity index (χ2v) is 31.9. The van der Waals surface area contributed by atoms with Crippen molar-refractivity contribution >= 4 is 169 Å². The SMILES string of the molecule is Cc1cc(-n2c3cccnc3c3c4ccc5ccc(-c6ccccc6)c6ccc(cc32)c4c56)cc(C(F)(F)F)c1.c1ccc(-c2nnc(-c3ccc4ccc5c6c(ccc3c46)cc3c5c4ncccc4n3-c3ccccc3)o2)cc1.c1ccc(-n2c3cccnc3c3c4ccc5ccc(-c6ccc(-c7cn8cccnc8n7)cc6)c6ccc(cc32)c4c56)cc1. The zero-order valence-corrected chi connectivity index (χ0v) is 66.2. The van der Waals surface area contributed by atoms with E-state index in [1.807, 2.05) is 113 Å². The molecule has 18 aromatic carbocycles. The van der Waals surface area contributed by atoms with Crippen molar-refractivity contribution in [2.75, 3.05) is 0 Å². The van der Waals surface area contributed by atoms with Crippen molar-refractivity contribution < 1.29 is 17.6 Å². The Morgan fingerprint density at radius 3 is 1.15 bits per heavy atom. The Kier molecular flexibility index (Phi) is 15.5. The van der Waals surface area contributed by atoms with Crippen LogP contribution in [0.2, 0.25) is 0 Å². The van der Waals surface area contributed by atoms with Gasteiger partial charge in [0.05, 0.1) is 60.9 Å². The lowest BCUT2D eigenvalue weighted by atomic mass is 9.88. The van der Waals surface area contributed by atoms with Gasteiger partial charge in [0.2, 0.25) is 17.6 Å². The second kappa shape index (κ2) is 27.3. The minimum absolute atomic E-state index is 0.472. The van der Waals surface area contributed by atoms with Crippen LogP contribution in [0.4, 0.5) is 13.2 Å². The van der Waals surface area contributed by atoms with Crippen LogP contribution in [0.5, 0.6) is 0 Å². The number of imidazole rings is 1. The number of rotatable bonds is 8. The molecule has 27 aromatic rings. The number of fused-ring (bicyclic) bond motifs is 13. The van der Waals surface area contributed by atoms with E-state index in [0.717, 1.165) is 121 Å². The molecule has 0 saturated carbocycles. The molecule has 0 radical (unpaired) electrons. The quantitative estimate of drug-likeness (QED) is 0.138. The third-order valence-corrected chi connectivity index (χ3v) is 25.0. The lowest BCUT2D eigenvalue weighted by molar-refractivity contribution is -0.137. The van der Waals surface area contributed by atoms with Crippen molar-refractivity contribution in [1.29, 1.82) is 0 Å². The summed E-state index contributed by atoms with van der Waals surface area (Å²) in [6.45, 7) is 1.70. The van der Waals surface area contributed by atoms with Gasteiger partial charge in [0.1, 0.15) is 0 Å². The Bertz CT molecular complexity index is 8960. The van der Waals surface area contributed by atoms with Gasteiger partial charge >= 0.3 is 6.18 Å². The molecule has 12 nitrogen and oxygen atoms in total. The fourth-order valence-corrected chi connectivity index (χ4v) is 19.7. The summed E-state index contributed by atoms with van der Waals surface area (Å²) in [6.07, 6.45) is 6.86. The number of alkyl halides is 3. The molecule has 9 aromatic heterocycles. The Hall–Kier alpha value is -16.5.